The number of rotatable bonds is 7. The van der Waals surface area contributed by atoms with E-state index in [1.807, 2.05) is 11.8 Å². The quantitative estimate of drug-likeness (QED) is 0.739. The Balaban J connectivity index is 2.66. The Morgan fingerprint density at radius 3 is 2.61 bits per heavy atom. The maximum absolute atomic E-state index is 5.48. The Kier molecular flexibility index (Phi) is 6.03. The molecule has 0 radical (unpaired) electrons. The van der Waals surface area contributed by atoms with Crippen molar-refractivity contribution < 1.29 is 4.74 Å². The van der Waals surface area contributed by atoms with Crippen LogP contribution in [0.25, 0.3) is 0 Å². The molecule has 1 rings (SSSR count). The molecule has 0 aliphatic heterocycles. The highest BCUT2D eigenvalue weighted by molar-refractivity contribution is 7.99. The number of thioether (sulfide) groups is 1. The molecule has 18 heavy (non-hydrogen) atoms. The molecule has 2 nitrogen and oxygen atoms in total. The molecule has 0 aliphatic carbocycles. The van der Waals surface area contributed by atoms with Crippen LogP contribution in [0, 0.1) is 0 Å². The van der Waals surface area contributed by atoms with Crippen LogP contribution in [0.4, 0.5) is 5.69 Å². The number of para-hydroxylation sites is 1. The first-order chi connectivity index (χ1) is 8.48. The second kappa shape index (κ2) is 7.05. The molecule has 1 unspecified atom stereocenters. The van der Waals surface area contributed by atoms with Crippen molar-refractivity contribution in [1.29, 1.82) is 0 Å². The van der Waals surface area contributed by atoms with Crippen LogP contribution < -0.4 is 5.32 Å². The zero-order valence-corrected chi connectivity index (χ0v) is 12.9. The van der Waals surface area contributed by atoms with E-state index in [0.29, 0.717) is 6.04 Å². The van der Waals surface area contributed by atoms with Crippen molar-refractivity contribution in [3.05, 3.63) is 24.3 Å². The topological polar surface area (TPSA) is 21.3 Å². The second-order valence-electron chi connectivity index (χ2n) is 5.14. The highest BCUT2D eigenvalue weighted by Crippen LogP contribution is 2.28. The van der Waals surface area contributed by atoms with Crippen LogP contribution in [-0.4, -0.2) is 24.5 Å². The lowest BCUT2D eigenvalue weighted by Crippen LogP contribution is -2.31. The van der Waals surface area contributed by atoms with Crippen LogP contribution in [0.3, 0.4) is 0 Å². The normalized spacial score (nSPS) is 13.4. The summed E-state index contributed by atoms with van der Waals surface area (Å²) in [7, 11) is 1.77. The molecule has 1 N–H and O–H groups in total. The van der Waals surface area contributed by atoms with E-state index in [9.17, 15) is 0 Å². The van der Waals surface area contributed by atoms with E-state index in [-0.39, 0.29) is 5.60 Å². The van der Waals surface area contributed by atoms with Crippen LogP contribution in [0.15, 0.2) is 29.2 Å². The minimum absolute atomic E-state index is 0.0841. The van der Waals surface area contributed by atoms with Gasteiger partial charge >= 0.3 is 0 Å². The summed E-state index contributed by atoms with van der Waals surface area (Å²) in [5, 5.41) is 3.58. The van der Waals surface area contributed by atoms with Crippen molar-refractivity contribution in [1.82, 2.24) is 0 Å². The third-order valence-corrected chi connectivity index (χ3v) is 3.89. The third-order valence-electron chi connectivity index (χ3n) is 2.94. The van der Waals surface area contributed by atoms with Gasteiger partial charge in [-0.05, 0) is 45.1 Å². The molecule has 1 atom stereocenters. The molecule has 0 fully saturated rings. The molecule has 1 aromatic carbocycles. The summed E-state index contributed by atoms with van der Waals surface area (Å²) in [4.78, 5) is 1.32. The van der Waals surface area contributed by atoms with E-state index in [0.717, 1.165) is 12.2 Å². The molecule has 3 heteroatoms. The van der Waals surface area contributed by atoms with Crippen molar-refractivity contribution in [2.24, 2.45) is 0 Å². The first kappa shape index (κ1) is 15.4. The van der Waals surface area contributed by atoms with E-state index in [4.69, 9.17) is 4.74 Å². The van der Waals surface area contributed by atoms with Crippen molar-refractivity contribution in [3.63, 3.8) is 0 Å². The molecule has 102 valence electrons. The van der Waals surface area contributed by atoms with Crippen LogP contribution in [0.1, 0.15) is 34.1 Å². The van der Waals surface area contributed by atoms with Crippen LogP contribution in [0.5, 0.6) is 0 Å². The van der Waals surface area contributed by atoms with E-state index in [2.05, 4.69) is 57.3 Å². The third kappa shape index (κ3) is 4.91. The first-order valence-corrected chi connectivity index (χ1v) is 7.50. The average molecular weight is 267 g/mol. The number of nitrogens with one attached hydrogen (secondary N) is 1. The fraction of sp³-hybridized carbons (Fsp3) is 0.600. The number of methoxy groups -OCH3 is 1. The standard InChI is InChI=1S/C15H25NOS/c1-6-18-14-10-8-7-9-13(14)16-12(2)11-15(3,4)17-5/h7-10,12,16H,6,11H2,1-5H3. The molecule has 0 aliphatic rings. The van der Waals surface area contributed by atoms with Gasteiger partial charge in [-0.2, -0.15) is 0 Å². The molecule has 0 heterocycles. The molecule has 0 aromatic heterocycles. The highest BCUT2D eigenvalue weighted by atomic mass is 32.2. The van der Waals surface area contributed by atoms with Crippen molar-refractivity contribution in [2.45, 2.75) is 50.7 Å². The fourth-order valence-corrected chi connectivity index (χ4v) is 2.77. The lowest BCUT2D eigenvalue weighted by Gasteiger charge is -2.28. The van der Waals surface area contributed by atoms with Gasteiger partial charge in [0.1, 0.15) is 0 Å². The zero-order chi connectivity index (χ0) is 13.6. The number of benzene rings is 1. The zero-order valence-electron chi connectivity index (χ0n) is 12.1. The fourth-order valence-electron chi connectivity index (χ4n) is 2.00. The maximum Gasteiger partial charge on any atom is 0.0642 e. The lowest BCUT2D eigenvalue weighted by atomic mass is 10.00. The molecular formula is C15H25NOS. The van der Waals surface area contributed by atoms with Gasteiger partial charge in [0.15, 0.2) is 0 Å². The number of hydrogen-bond donors (Lipinski definition) is 1. The van der Waals surface area contributed by atoms with Crippen molar-refractivity contribution >= 4 is 17.4 Å². The molecule has 0 spiro atoms. The molecule has 0 saturated carbocycles. The van der Waals surface area contributed by atoms with Gasteiger partial charge < -0.3 is 10.1 Å². The summed E-state index contributed by atoms with van der Waals surface area (Å²) in [6.07, 6.45) is 0.981. The largest absolute Gasteiger partial charge is 0.382 e. The minimum Gasteiger partial charge on any atom is -0.382 e. The summed E-state index contributed by atoms with van der Waals surface area (Å²) in [6, 6.07) is 8.88. The SMILES string of the molecule is CCSc1ccccc1NC(C)CC(C)(C)OC. The van der Waals surface area contributed by atoms with Crippen LogP contribution in [-0.2, 0) is 4.74 Å². The monoisotopic (exact) mass is 267 g/mol. The summed E-state index contributed by atoms with van der Waals surface area (Å²) < 4.78 is 5.48. The summed E-state index contributed by atoms with van der Waals surface area (Å²) in [6.45, 7) is 8.63. The van der Waals surface area contributed by atoms with Gasteiger partial charge in [0.25, 0.3) is 0 Å². The Morgan fingerprint density at radius 2 is 2.00 bits per heavy atom. The van der Waals surface area contributed by atoms with Crippen LogP contribution >= 0.6 is 11.8 Å². The van der Waals surface area contributed by atoms with Gasteiger partial charge in [0.05, 0.1) is 5.60 Å². The first-order valence-electron chi connectivity index (χ1n) is 6.52. The van der Waals surface area contributed by atoms with Crippen LogP contribution in [0.2, 0.25) is 0 Å². The average Bonchev–Trinajstić information content (AvgIpc) is 2.31. The lowest BCUT2D eigenvalue weighted by molar-refractivity contribution is 0.0128. The van der Waals surface area contributed by atoms with E-state index in [1.165, 1.54) is 10.6 Å². The Morgan fingerprint density at radius 1 is 1.33 bits per heavy atom. The number of hydrogen-bond acceptors (Lipinski definition) is 3. The van der Waals surface area contributed by atoms with Gasteiger partial charge in [-0.3, -0.25) is 0 Å². The Bertz CT molecular complexity index is 365. The van der Waals surface area contributed by atoms with Crippen molar-refractivity contribution in [3.8, 4) is 0 Å². The molecule has 0 saturated heterocycles. The number of anilines is 1. The van der Waals surface area contributed by atoms with Gasteiger partial charge in [0.2, 0.25) is 0 Å². The van der Waals surface area contributed by atoms with E-state index >= 15 is 0 Å². The predicted molar refractivity (Wildman–Crippen MR) is 81.6 cm³/mol. The predicted octanol–water partition coefficient (Wildman–Crippen LogP) is 4.41. The van der Waals surface area contributed by atoms with E-state index < -0.39 is 0 Å². The van der Waals surface area contributed by atoms with Gasteiger partial charge in [-0.1, -0.05) is 19.1 Å². The summed E-state index contributed by atoms with van der Waals surface area (Å²) >= 11 is 1.87. The van der Waals surface area contributed by atoms with Crippen molar-refractivity contribution in [2.75, 3.05) is 18.2 Å². The maximum atomic E-state index is 5.48. The molecule has 0 amide bonds. The Labute approximate surface area is 116 Å². The second-order valence-corrected chi connectivity index (χ2v) is 6.45. The number of ether oxygens (including phenoxy) is 1. The molecule has 0 bridgehead atoms. The molecular weight excluding hydrogens is 242 g/mol. The Hall–Kier alpha value is -0.670. The van der Waals surface area contributed by atoms with Gasteiger partial charge in [-0.25, -0.2) is 0 Å². The van der Waals surface area contributed by atoms with E-state index in [1.54, 1.807) is 7.11 Å². The highest BCUT2D eigenvalue weighted by Gasteiger charge is 2.20. The smallest absolute Gasteiger partial charge is 0.0642 e. The summed E-state index contributed by atoms with van der Waals surface area (Å²) in [5.41, 5.74) is 1.14. The van der Waals surface area contributed by atoms with Gasteiger partial charge in [-0.15, -0.1) is 11.8 Å². The minimum atomic E-state index is -0.0841. The summed E-state index contributed by atoms with van der Waals surface area (Å²) in [5.74, 6) is 1.09. The van der Waals surface area contributed by atoms with Gasteiger partial charge in [0, 0.05) is 23.7 Å². The molecule has 1 aromatic rings.